The van der Waals surface area contributed by atoms with Crippen molar-refractivity contribution < 1.29 is 19.0 Å². The van der Waals surface area contributed by atoms with Crippen LogP contribution in [-0.2, 0) is 16.0 Å². The van der Waals surface area contributed by atoms with Crippen molar-refractivity contribution in [2.75, 3.05) is 33.4 Å². The van der Waals surface area contributed by atoms with Crippen LogP contribution in [0.25, 0.3) is 0 Å². The summed E-state index contributed by atoms with van der Waals surface area (Å²) in [6.07, 6.45) is 4.66. The van der Waals surface area contributed by atoms with Gasteiger partial charge in [0.15, 0.2) is 18.1 Å². The number of rotatable bonds is 8. The third-order valence-electron chi connectivity index (χ3n) is 4.16. The van der Waals surface area contributed by atoms with Gasteiger partial charge in [-0.2, -0.15) is 0 Å². The van der Waals surface area contributed by atoms with Crippen molar-refractivity contribution in [1.82, 2.24) is 4.90 Å². The molecule has 0 unspecified atom stereocenters. The summed E-state index contributed by atoms with van der Waals surface area (Å²) in [5.74, 6) is 1.22. The molecule has 1 saturated heterocycles. The average Bonchev–Trinajstić information content (AvgIpc) is 2.61. The number of allylic oxidation sites excluding steroid dienone is 1. The first-order valence-corrected chi connectivity index (χ1v) is 8.47. The molecule has 24 heavy (non-hydrogen) atoms. The quantitative estimate of drug-likeness (QED) is 0.687. The lowest BCUT2D eigenvalue weighted by atomic mass is 10.1. The number of hydrogen-bond acceptors (Lipinski definition) is 4. The molecule has 5 nitrogen and oxygen atoms in total. The first-order chi connectivity index (χ1) is 11.7. The summed E-state index contributed by atoms with van der Waals surface area (Å²) in [6, 6.07) is 5.71. The predicted octanol–water partition coefficient (Wildman–Crippen LogP) is 2.83. The van der Waals surface area contributed by atoms with Crippen LogP contribution < -0.4 is 9.47 Å². The summed E-state index contributed by atoms with van der Waals surface area (Å²) in [5.41, 5.74) is 1.10. The molecule has 0 saturated carbocycles. The smallest absolute Gasteiger partial charge is 0.260 e. The van der Waals surface area contributed by atoms with Gasteiger partial charge in [0, 0.05) is 19.7 Å². The van der Waals surface area contributed by atoms with Crippen LogP contribution in [0.5, 0.6) is 11.5 Å². The molecule has 1 fully saturated rings. The molecule has 132 valence electrons. The van der Waals surface area contributed by atoms with Gasteiger partial charge in [-0.15, -0.1) is 6.58 Å². The summed E-state index contributed by atoms with van der Waals surface area (Å²) in [6.45, 7) is 7.93. The Morgan fingerprint density at radius 2 is 2.08 bits per heavy atom. The van der Waals surface area contributed by atoms with Crippen molar-refractivity contribution in [2.24, 2.45) is 0 Å². The van der Waals surface area contributed by atoms with Gasteiger partial charge in [0.05, 0.1) is 13.2 Å². The molecule has 1 aromatic rings. The number of nitrogens with zero attached hydrogens (tertiary/aromatic N) is 1. The topological polar surface area (TPSA) is 48.0 Å². The number of carbonyl (C=O) groups excluding carboxylic acids is 1. The highest BCUT2D eigenvalue weighted by molar-refractivity contribution is 5.78. The van der Waals surface area contributed by atoms with Gasteiger partial charge >= 0.3 is 0 Å². The van der Waals surface area contributed by atoms with Gasteiger partial charge in [-0.3, -0.25) is 4.79 Å². The minimum Gasteiger partial charge on any atom is -0.493 e. The van der Waals surface area contributed by atoms with Gasteiger partial charge < -0.3 is 19.1 Å². The molecule has 0 aliphatic carbocycles. The lowest BCUT2D eigenvalue weighted by molar-refractivity contribution is -0.135. The second-order valence-corrected chi connectivity index (χ2v) is 5.80. The molecule has 0 radical (unpaired) electrons. The molecular weight excluding hydrogens is 306 g/mol. The maximum absolute atomic E-state index is 12.3. The fourth-order valence-corrected chi connectivity index (χ4v) is 2.86. The van der Waals surface area contributed by atoms with E-state index in [0.717, 1.165) is 44.5 Å². The average molecular weight is 333 g/mol. The maximum atomic E-state index is 12.3. The van der Waals surface area contributed by atoms with Crippen LogP contribution in [0.4, 0.5) is 0 Å². The highest BCUT2D eigenvalue weighted by Gasteiger charge is 2.23. The number of methoxy groups -OCH3 is 1. The van der Waals surface area contributed by atoms with E-state index in [-0.39, 0.29) is 18.6 Å². The van der Waals surface area contributed by atoms with Gasteiger partial charge in [-0.1, -0.05) is 12.1 Å². The zero-order valence-corrected chi connectivity index (χ0v) is 14.6. The minimum atomic E-state index is 0.00201. The number of piperidine rings is 1. The van der Waals surface area contributed by atoms with Crippen molar-refractivity contribution in [1.29, 1.82) is 0 Å². The van der Waals surface area contributed by atoms with E-state index >= 15 is 0 Å². The molecule has 1 aliphatic rings. The largest absolute Gasteiger partial charge is 0.493 e. The number of hydrogen-bond donors (Lipinski definition) is 0. The highest BCUT2D eigenvalue weighted by atomic mass is 16.5. The maximum Gasteiger partial charge on any atom is 0.260 e. The Morgan fingerprint density at radius 3 is 2.71 bits per heavy atom. The number of amides is 1. The van der Waals surface area contributed by atoms with Crippen LogP contribution in [0.3, 0.4) is 0 Å². The van der Waals surface area contributed by atoms with E-state index in [4.69, 9.17) is 14.2 Å². The third-order valence-corrected chi connectivity index (χ3v) is 4.16. The molecule has 0 atom stereocenters. The zero-order valence-electron chi connectivity index (χ0n) is 14.6. The summed E-state index contributed by atoms with van der Waals surface area (Å²) >= 11 is 0. The Balaban J connectivity index is 1.86. The molecule has 0 aromatic heterocycles. The first-order valence-electron chi connectivity index (χ1n) is 8.47. The van der Waals surface area contributed by atoms with Gasteiger partial charge in [-0.25, -0.2) is 0 Å². The lowest BCUT2D eigenvalue weighted by Crippen LogP contribution is -2.43. The van der Waals surface area contributed by atoms with E-state index in [1.165, 1.54) is 0 Å². The Kier molecular flexibility index (Phi) is 7.12. The van der Waals surface area contributed by atoms with E-state index in [2.05, 4.69) is 6.58 Å². The number of ether oxygens (including phenoxy) is 3. The van der Waals surface area contributed by atoms with Gasteiger partial charge in [0.1, 0.15) is 0 Å². The van der Waals surface area contributed by atoms with Gasteiger partial charge in [-0.05, 0) is 43.9 Å². The predicted molar refractivity (Wildman–Crippen MR) is 93.6 cm³/mol. The van der Waals surface area contributed by atoms with Gasteiger partial charge in [0.25, 0.3) is 5.91 Å². The van der Waals surface area contributed by atoms with Crippen LogP contribution in [-0.4, -0.2) is 50.3 Å². The van der Waals surface area contributed by atoms with E-state index < -0.39 is 0 Å². The van der Waals surface area contributed by atoms with Crippen molar-refractivity contribution >= 4 is 5.91 Å². The monoisotopic (exact) mass is 333 g/mol. The van der Waals surface area contributed by atoms with Crippen LogP contribution in [0.2, 0.25) is 0 Å². The Bertz CT molecular complexity index is 550. The number of benzene rings is 1. The second-order valence-electron chi connectivity index (χ2n) is 5.80. The Hall–Kier alpha value is -2.01. The molecule has 2 rings (SSSR count). The molecular formula is C19H27NO4. The Morgan fingerprint density at radius 1 is 1.33 bits per heavy atom. The van der Waals surface area contributed by atoms with E-state index in [1.54, 1.807) is 7.11 Å². The third kappa shape index (κ3) is 4.99. The molecule has 1 aromatic carbocycles. The normalized spacial score (nSPS) is 15.2. The van der Waals surface area contributed by atoms with Crippen LogP contribution in [0.1, 0.15) is 25.3 Å². The van der Waals surface area contributed by atoms with Crippen LogP contribution in [0, 0.1) is 0 Å². The molecule has 1 heterocycles. The summed E-state index contributed by atoms with van der Waals surface area (Å²) in [5, 5.41) is 0. The molecule has 0 N–H and O–H groups in total. The SMILES string of the molecule is C=CCc1ccc(OCC(=O)N2CCC(OCC)CC2)c(OC)c1. The van der Waals surface area contributed by atoms with E-state index in [1.807, 2.05) is 36.1 Å². The molecule has 5 heteroatoms. The number of carbonyl (C=O) groups is 1. The molecule has 1 amide bonds. The van der Waals surface area contributed by atoms with Crippen molar-refractivity contribution in [3.8, 4) is 11.5 Å². The van der Waals surface area contributed by atoms with Crippen LogP contribution in [0.15, 0.2) is 30.9 Å². The van der Waals surface area contributed by atoms with Gasteiger partial charge in [0.2, 0.25) is 0 Å². The van der Waals surface area contributed by atoms with E-state index in [9.17, 15) is 4.79 Å². The van der Waals surface area contributed by atoms with E-state index in [0.29, 0.717) is 11.5 Å². The molecule has 0 bridgehead atoms. The van der Waals surface area contributed by atoms with Crippen molar-refractivity contribution in [3.63, 3.8) is 0 Å². The minimum absolute atomic E-state index is 0.00201. The first kappa shape index (κ1) is 18.3. The molecule has 0 spiro atoms. The summed E-state index contributed by atoms with van der Waals surface area (Å²) in [4.78, 5) is 14.2. The van der Waals surface area contributed by atoms with Crippen molar-refractivity contribution in [3.05, 3.63) is 36.4 Å². The fraction of sp³-hybridized carbons (Fsp3) is 0.526. The summed E-state index contributed by atoms with van der Waals surface area (Å²) in [7, 11) is 1.60. The van der Waals surface area contributed by atoms with Crippen molar-refractivity contribution in [2.45, 2.75) is 32.3 Å². The standard InChI is InChI=1S/C19H27NO4/c1-4-6-15-7-8-17(18(13-15)22-3)24-14-19(21)20-11-9-16(10-12-20)23-5-2/h4,7-8,13,16H,1,5-6,9-12,14H2,2-3H3. The van der Waals surface area contributed by atoms with Crippen LogP contribution >= 0.6 is 0 Å². The Labute approximate surface area is 144 Å². The fourth-order valence-electron chi connectivity index (χ4n) is 2.86. The zero-order chi connectivity index (χ0) is 17.4. The molecule has 1 aliphatic heterocycles. The highest BCUT2D eigenvalue weighted by Crippen LogP contribution is 2.28. The lowest BCUT2D eigenvalue weighted by Gasteiger charge is -2.31. The second kappa shape index (κ2) is 9.33. The number of likely N-dealkylation sites (tertiary alicyclic amines) is 1. The summed E-state index contributed by atoms with van der Waals surface area (Å²) < 4.78 is 16.6.